The van der Waals surface area contributed by atoms with Gasteiger partial charge in [-0.15, -0.1) is 0 Å². The van der Waals surface area contributed by atoms with Crippen molar-refractivity contribution in [1.29, 1.82) is 0 Å². The molecule has 0 aliphatic carbocycles. The number of pyridine rings is 1. The fourth-order valence-electron chi connectivity index (χ4n) is 1.71. The third kappa shape index (κ3) is 2.13. The van der Waals surface area contributed by atoms with Gasteiger partial charge in [-0.2, -0.15) is 0 Å². The van der Waals surface area contributed by atoms with E-state index in [9.17, 15) is 4.39 Å². The van der Waals surface area contributed by atoms with Crippen molar-refractivity contribution in [1.82, 2.24) is 4.98 Å². The first-order valence-electron chi connectivity index (χ1n) is 5.04. The molecule has 0 aliphatic heterocycles. The quantitative estimate of drug-likeness (QED) is 0.832. The molecule has 2 N–H and O–H groups in total. The number of nitrogens with zero attached hydrogens (tertiary/aromatic N) is 1. The van der Waals surface area contributed by atoms with Crippen LogP contribution >= 0.6 is 0 Å². The number of aryl methyl sites for hydroxylation is 1. The molecule has 0 spiro atoms. The lowest BCUT2D eigenvalue weighted by Crippen LogP contribution is -2.01. The molecule has 0 bridgehead atoms. The fraction of sp³-hybridized carbons (Fsp3) is 0.250. The highest BCUT2D eigenvalue weighted by atomic mass is 19.1. The van der Waals surface area contributed by atoms with E-state index in [4.69, 9.17) is 5.73 Å². The lowest BCUT2D eigenvalue weighted by molar-refractivity contribution is 0.626. The second-order valence-corrected chi connectivity index (χ2v) is 3.53. The highest BCUT2D eigenvalue weighted by Crippen LogP contribution is 2.19. The van der Waals surface area contributed by atoms with E-state index in [0.29, 0.717) is 6.54 Å². The highest BCUT2D eigenvalue weighted by molar-refractivity contribution is 5.81. The first-order valence-corrected chi connectivity index (χ1v) is 5.04. The molecule has 78 valence electrons. The maximum Gasteiger partial charge on any atom is 0.124 e. The van der Waals surface area contributed by atoms with Gasteiger partial charge in [-0.05, 0) is 43.1 Å². The molecule has 0 saturated carbocycles. The summed E-state index contributed by atoms with van der Waals surface area (Å²) in [6.07, 6.45) is 3.36. The zero-order chi connectivity index (χ0) is 10.7. The van der Waals surface area contributed by atoms with E-state index in [0.717, 1.165) is 29.3 Å². The molecule has 0 aliphatic rings. The average Bonchev–Trinajstić information content (AvgIpc) is 2.25. The van der Waals surface area contributed by atoms with Crippen molar-refractivity contribution in [3.05, 3.63) is 41.8 Å². The van der Waals surface area contributed by atoms with E-state index < -0.39 is 0 Å². The first-order chi connectivity index (χ1) is 7.31. The van der Waals surface area contributed by atoms with E-state index in [-0.39, 0.29) is 5.82 Å². The zero-order valence-corrected chi connectivity index (χ0v) is 8.41. The summed E-state index contributed by atoms with van der Waals surface area (Å²) in [4.78, 5) is 4.27. The van der Waals surface area contributed by atoms with Gasteiger partial charge >= 0.3 is 0 Å². The predicted octanol–water partition coefficient (Wildman–Crippen LogP) is 2.27. The Morgan fingerprint density at radius 3 is 3.00 bits per heavy atom. The van der Waals surface area contributed by atoms with E-state index in [1.165, 1.54) is 6.07 Å². The Kier molecular flexibility index (Phi) is 2.92. The number of nitrogens with two attached hydrogens (primary N) is 1. The van der Waals surface area contributed by atoms with E-state index in [2.05, 4.69) is 4.98 Å². The summed E-state index contributed by atoms with van der Waals surface area (Å²) in [5, 5.41) is 0.851. The van der Waals surface area contributed by atoms with Crippen LogP contribution in [0.5, 0.6) is 0 Å². The molecule has 2 aromatic rings. The summed E-state index contributed by atoms with van der Waals surface area (Å²) >= 11 is 0. The van der Waals surface area contributed by atoms with Gasteiger partial charge in [0.2, 0.25) is 0 Å². The van der Waals surface area contributed by atoms with Crippen LogP contribution in [0.15, 0.2) is 30.5 Å². The van der Waals surface area contributed by atoms with E-state index >= 15 is 0 Å². The summed E-state index contributed by atoms with van der Waals surface area (Å²) in [5.41, 5.74) is 7.27. The van der Waals surface area contributed by atoms with Gasteiger partial charge in [-0.1, -0.05) is 6.07 Å². The van der Waals surface area contributed by atoms with Crippen molar-refractivity contribution < 1.29 is 4.39 Å². The van der Waals surface area contributed by atoms with Crippen LogP contribution < -0.4 is 5.73 Å². The predicted molar refractivity (Wildman–Crippen MR) is 59.1 cm³/mol. The van der Waals surface area contributed by atoms with Crippen molar-refractivity contribution in [2.45, 2.75) is 12.8 Å². The number of aromatic nitrogens is 1. The number of hydrogen-bond donors (Lipinski definition) is 1. The van der Waals surface area contributed by atoms with Crippen molar-refractivity contribution >= 4 is 10.9 Å². The van der Waals surface area contributed by atoms with Gasteiger partial charge in [0.1, 0.15) is 5.82 Å². The van der Waals surface area contributed by atoms with Gasteiger partial charge in [-0.25, -0.2) is 4.39 Å². The lowest BCUT2D eigenvalue weighted by Gasteiger charge is -2.05. The first kappa shape index (κ1) is 10.1. The van der Waals surface area contributed by atoms with Gasteiger partial charge in [0.05, 0.1) is 5.52 Å². The van der Waals surface area contributed by atoms with Crippen molar-refractivity contribution in [2.75, 3.05) is 6.54 Å². The van der Waals surface area contributed by atoms with Crippen LogP contribution in [0.1, 0.15) is 12.0 Å². The third-order valence-electron chi connectivity index (χ3n) is 2.40. The Bertz CT molecular complexity index is 468. The van der Waals surface area contributed by atoms with Crippen LogP contribution in [0.4, 0.5) is 4.39 Å². The number of fused-ring (bicyclic) bond motifs is 1. The normalized spacial score (nSPS) is 10.8. The molecule has 0 fully saturated rings. The molecule has 3 heteroatoms. The number of rotatable bonds is 3. The summed E-state index contributed by atoms with van der Waals surface area (Å²) in [5.74, 6) is -0.206. The number of halogens is 1. The molecule has 0 amide bonds. The monoisotopic (exact) mass is 204 g/mol. The number of hydrogen-bond acceptors (Lipinski definition) is 2. The fourth-order valence-corrected chi connectivity index (χ4v) is 1.71. The molecule has 1 aromatic heterocycles. The van der Waals surface area contributed by atoms with Gasteiger partial charge in [0.15, 0.2) is 0 Å². The van der Waals surface area contributed by atoms with Gasteiger partial charge in [-0.3, -0.25) is 4.98 Å². The molecule has 0 radical (unpaired) electrons. The van der Waals surface area contributed by atoms with E-state index in [1.54, 1.807) is 12.3 Å². The smallest absolute Gasteiger partial charge is 0.124 e. The molecular formula is C12H13FN2. The van der Waals surface area contributed by atoms with Gasteiger partial charge < -0.3 is 5.73 Å². The van der Waals surface area contributed by atoms with Gasteiger partial charge in [0, 0.05) is 11.6 Å². The SMILES string of the molecule is NCCCc1cc(F)cc2cccnc12. The Morgan fingerprint density at radius 1 is 1.33 bits per heavy atom. The maximum absolute atomic E-state index is 13.3. The summed E-state index contributed by atoms with van der Waals surface area (Å²) < 4.78 is 13.3. The number of benzene rings is 1. The van der Waals surface area contributed by atoms with Crippen LogP contribution in [-0.2, 0) is 6.42 Å². The molecule has 2 nitrogen and oxygen atoms in total. The van der Waals surface area contributed by atoms with Crippen molar-refractivity contribution in [3.63, 3.8) is 0 Å². The zero-order valence-electron chi connectivity index (χ0n) is 8.41. The highest BCUT2D eigenvalue weighted by Gasteiger charge is 2.04. The Balaban J connectivity index is 2.50. The summed E-state index contributed by atoms with van der Waals surface area (Å²) in [7, 11) is 0. The Hall–Kier alpha value is -1.48. The average molecular weight is 204 g/mol. The summed E-state index contributed by atoms with van der Waals surface area (Å²) in [6.45, 7) is 0.616. The molecule has 1 heterocycles. The molecule has 0 atom stereocenters. The topological polar surface area (TPSA) is 38.9 Å². The second-order valence-electron chi connectivity index (χ2n) is 3.53. The molecule has 0 saturated heterocycles. The molecule has 1 aromatic carbocycles. The van der Waals surface area contributed by atoms with E-state index in [1.807, 2.05) is 12.1 Å². The standard InChI is InChI=1S/C12H13FN2/c13-11-7-9(3-1-5-14)12-10(8-11)4-2-6-15-12/h2,4,6-8H,1,3,5,14H2. The van der Waals surface area contributed by atoms with Crippen LogP contribution in [0.2, 0.25) is 0 Å². The Morgan fingerprint density at radius 2 is 2.20 bits per heavy atom. The minimum absolute atomic E-state index is 0.206. The summed E-state index contributed by atoms with van der Waals surface area (Å²) in [6, 6.07) is 6.74. The second kappa shape index (κ2) is 4.36. The molecule has 15 heavy (non-hydrogen) atoms. The van der Waals surface area contributed by atoms with Crippen LogP contribution in [0.25, 0.3) is 10.9 Å². The largest absolute Gasteiger partial charge is 0.330 e. The minimum atomic E-state index is -0.206. The van der Waals surface area contributed by atoms with Gasteiger partial charge in [0.25, 0.3) is 0 Å². The minimum Gasteiger partial charge on any atom is -0.330 e. The van der Waals surface area contributed by atoms with Crippen LogP contribution in [-0.4, -0.2) is 11.5 Å². The molecular weight excluding hydrogens is 191 g/mol. The molecule has 2 rings (SSSR count). The Labute approximate surface area is 87.9 Å². The van der Waals surface area contributed by atoms with Crippen molar-refractivity contribution in [3.8, 4) is 0 Å². The third-order valence-corrected chi connectivity index (χ3v) is 2.40. The van der Waals surface area contributed by atoms with Crippen LogP contribution in [0.3, 0.4) is 0 Å². The lowest BCUT2D eigenvalue weighted by atomic mass is 10.1. The molecule has 0 unspecified atom stereocenters. The maximum atomic E-state index is 13.3. The van der Waals surface area contributed by atoms with Crippen LogP contribution in [0, 0.1) is 5.82 Å². The van der Waals surface area contributed by atoms with Crippen molar-refractivity contribution in [2.24, 2.45) is 5.73 Å².